The van der Waals surface area contributed by atoms with Gasteiger partial charge >= 0.3 is 0 Å². The van der Waals surface area contributed by atoms with Crippen molar-refractivity contribution in [3.63, 3.8) is 0 Å². The van der Waals surface area contributed by atoms with Gasteiger partial charge in [-0.3, -0.25) is 4.79 Å². The molecular formula is C16H27ClN2O2. The van der Waals surface area contributed by atoms with Gasteiger partial charge in [-0.05, 0) is 30.2 Å². The van der Waals surface area contributed by atoms with E-state index in [0.29, 0.717) is 25.5 Å². The van der Waals surface area contributed by atoms with E-state index in [1.165, 1.54) is 0 Å². The molecule has 0 saturated heterocycles. The molecule has 0 fully saturated rings. The van der Waals surface area contributed by atoms with Crippen LogP contribution in [0.25, 0.3) is 0 Å². The molecule has 1 amide bonds. The molecule has 0 aliphatic heterocycles. The highest BCUT2D eigenvalue weighted by atomic mass is 35.5. The number of carbonyl (C=O) groups is 1. The molecule has 1 aromatic rings. The molecular weight excluding hydrogens is 288 g/mol. The highest BCUT2D eigenvalue weighted by Gasteiger charge is 2.03. The maximum Gasteiger partial charge on any atom is 0.224 e. The number of likely N-dealkylation sites (N-methyl/N-ethyl adjacent to an activating group) is 1. The highest BCUT2D eigenvalue weighted by molar-refractivity contribution is 5.85. The standard InChI is InChI=1S/C16H26N2O2.ClH/c1-4-17-9-10-18-16(19)11-14-5-7-15(8-6-14)20-12-13(2)3;/h5-8,13,17H,4,9-12H2,1-3H3,(H,18,19);1H. The zero-order chi connectivity index (χ0) is 14.8. The predicted molar refractivity (Wildman–Crippen MR) is 89.3 cm³/mol. The van der Waals surface area contributed by atoms with Crippen LogP contribution in [-0.4, -0.2) is 32.1 Å². The van der Waals surface area contributed by atoms with E-state index in [9.17, 15) is 4.79 Å². The molecule has 4 nitrogen and oxygen atoms in total. The van der Waals surface area contributed by atoms with Gasteiger partial charge < -0.3 is 15.4 Å². The van der Waals surface area contributed by atoms with Crippen molar-refractivity contribution in [1.82, 2.24) is 10.6 Å². The zero-order valence-electron chi connectivity index (χ0n) is 13.1. The predicted octanol–water partition coefficient (Wildman–Crippen LogP) is 2.41. The molecule has 0 aliphatic rings. The molecule has 0 atom stereocenters. The summed E-state index contributed by atoms with van der Waals surface area (Å²) >= 11 is 0. The molecule has 1 rings (SSSR count). The summed E-state index contributed by atoms with van der Waals surface area (Å²) in [5.74, 6) is 1.42. The van der Waals surface area contributed by atoms with Crippen molar-refractivity contribution in [2.45, 2.75) is 27.2 Å². The Balaban J connectivity index is 0.00000400. The Morgan fingerprint density at radius 1 is 1.19 bits per heavy atom. The fraction of sp³-hybridized carbons (Fsp3) is 0.562. The Bertz CT molecular complexity index is 394. The summed E-state index contributed by atoms with van der Waals surface area (Å²) in [6.07, 6.45) is 0.413. The minimum absolute atomic E-state index is 0. The Kier molecular flexibility index (Phi) is 10.7. The zero-order valence-corrected chi connectivity index (χ0v) is 14.0. The van der Waals surface area contributed by atoms with Crippen LogP contribution in [0.5, 0.6) is 5.75 Å². The molecule has 0 saturated carbocycles. The lowest BCUT2D eigenvalue weighted by Gasteiger charge is -2.09. The van der Waals surface area contributed by atoms with Gasteiger partial charge in [-0.15, -0.1) is 12.4 Å². The highest BCUT2D eigenvalue weighted by Crippen LogP contribution is 2.13. The lowest BCUT2D eigenvalue weighted by molar-refractivity contribution is -0.120. The van der Waals surface area contributed by atoms with Gasteiger partial charge in [-0.25, -0.2) is 0 Å². The molecule has 0 unspecified atom stereocenters. The van der Waals surface area contributed by atoms with E-state index < -0.39 is 0 Å². The number of ether oxygens (including phenoxy) is 1. The van der Waals surface area contributed by atoms with Crippen molar-refractivity contribution < 1.29 is 9.53 Å². The first-order chi connectivity index (χ1) is 9.61. The number of hydrogen-bond donors (Lipinski definition) is 2. The fourth-order valence-corrected chi connectivity index (χ4v) is 1.68. The SMILES string of the molecule is CCNCCNC(=O)Cc1ccc(OCC(C)C)cc1.Cl. The third-order valence-electron chi connectivity index (χ3n) is 2.75. The smallest absolute Gasteiger partial charge is 0.224 e. The average molecular weight is 315 g/mol. The largest absolute Gasteiger partial charge is 0.493 e. The molecule has 0 radical (unpaired) electrons. The molecule has 21 heavy (non-hydrogen) atoms. The van der Waals surface area contributed by atoms with Gasteiger partial charge in [0.2, 0.25) is 5.91 Å². The summed E-state index contributed by atoms with van der Waals surface area (Å²) in [6.45, 7) is 9.40. The van der Waals surface area contributed by atoms with Crippen LogP contribution in [-0.2, 0) is 11.2 Å². The normalized spacial score (nSPS) is 10.1. The second kappa shape index (κ2) is 11.4. The summed E-state index contributed by atoms with van der Waals surface area (Å²) in [7, 11) is 0. The first kappa shape index (κ1) is 19.7. The van der Waals surface area contributed by atoms with Gasteiger partial charge in [0.1, 0.15) is 5.75 Å². The second-order valence-corrected chi connectivity index (χ2v) is 5.23. The van der Waals surface area contributed by atoms with Gasteiger partial charge in [0.15, 0.2) is 0 Å². The third-order valence-corrected chi connectivity index (χ3v) is 2.75. The van der Waals surface area contributed by atoms with Crippen LogP contribution in [0.2, 0.25) is 0 Å². The van der Waals surface area contributed by atoms with Crippen LogP contribution in [0.4, 0.5) is 0 Å². The van der Waals surface area contributed by atoms with Crippen LogP contribution in [0.1, 0.15) is 26.3 Å². The number of carbonyl (C=O) groups excluding carboxylic acids is 1. The van der Waals surface area contributed by atoms with Gasteiger partial charge in [0, 0.05) is 13.1 Å². The quantitative estimate of drug-likeness (QED) is 0.688. The number of nitrogens with one attached hydrogen (secondary N) is 2. The molecule has 0 heterocycles. The number of amides is 1. The second-order valence-electron chi connectivity index (χ2n) is 5.23. The van der Waals surface area contributed by atoms with Crippen molar-refractivity contribution >= 4 is 18.3 Å². The van der Waals surface area contributed by atoms with Crippen molar-refractivity contribution in [2.24, 2.45) is 5.92 Å². The summed E-state index contributed by atoms with van der Waals surface area (Å²) in [4.78, 5) is 11.7. The van der Waals surface area contributed by atoms with Crippen molar-refractivity contribution in [2.75, 3.05) is 26.2 Å². The van der Waals surface area contributed by atoms with Crippen LogP contribution in [0, 0.1) is 5.92 Å². The first-order valence-electron chi connectivity index (χ1n) is 7.31. The van der Waals surface area contributed by atoms with Crippen molar-refractivity contribution in [3.8, 4) is 5.75 Å². The van der Waals surface area contributed by atoms with Crippen molar-refractivity contribution in [3.05, 3.63) is 29.8 Å². The van der Waals surface area contributed by atoms with Crippen molar-refractivity contribution in [1.29, 1.82) is 0 Å². The molecule has 0 spiro atoms. The molecule has 1 aromatic carbocycles. The molecule has 0 bridgehead atoms. The topological polar surface area (TPSA) is 50.4 Å². The Morgan fingerprint density at radius 2 is 1.86 bits per heavy atom. The molecule has 0 aromatic heterocycles. The number of halogens is 1. The molecule has 0 aliphatic carbocycles. The fourth-order valence-electron chi connectivity index (χ4n) is 1.68. The Labute approximate surface area is 134 Å². The van der Waals surface area contributed by atoms with E-state index in [2.05, 4.69) is 24.5 Å². The van der Waals surface area contributed by atoms with E-state index in [1.807, 2.05) is 31.2 Å². The molecule has 5 heteroatoms. The number of benzene rings is 1. The Hall–Kier alpha value is -1.26. The van der Waals surface area contributed by atoms with E-state index in [-0.39, 0.29) is 18.3 Å². The lowest BCUT2D eigenvalue weighted by Crippen LogP contribution is -2.32. The maximum absolute atomic E-state index is 11.7. The molecule has 120 valence electrons. The maximum atomic E-state index is 11.7. The summed E-state index contributed by atoms with van der Waals surface area (Å²) in [6, 6.07) is 7.73. The van der Waals surface area contributed by atoms with E-state index in [1.54, 1.807) is 0 Å². The van der Waals surface area contributed by atoms with Crippen LogP contribution in [0.3, 0.4) is 0 Å². The summed E-state index contributed by atoms with van der Waals surface area (Å²) in [5.41, 5.74) is 1.00. The van der Waals surface area contributed by atoms with Gasteiger partial charge in [0.25, 0.3) is 0 Å². The summed E-state index contributed by atoms with van der Waals surface area (Å²) < 4.78 is 5.61. The van der Waals surface area contributed by atoms with Gasteiger partial charge in [0.05, 0.1) is 13.0 Å². The minimum Gasteiger partial charge on any atom is -0.493 e. The average Bonchev–Trinajstić information content (AvgIpc) is 2.43. The monoisotopic (exact) mass is 314 g/mol. The van der Waals surface area contributed by atoms with Crippen LogP contribution >= 0.6 is 12.4 Å². The van der Waals surface area contributed by atoms with E-state index in [4.69, 9.17) is 4.74 Å². The third kappa shape index (κ3) is 9.32. The molecule has 2 N–H and O–H groups in total. The lowest BCUT2D eigenvalue weighted by atomic mass is 10.1. The van der Waals surface area contributed by atoms with Crippen LogP contribution in [0.15, 0.2) is 24.3 Å². The Morgan fingerprint density at radius 3 is 2.43 bits per heavy atom. The van der Waals surface area contributed by atoms with Gasteiger partial charge in [-0.2, -0.15) is 0 Å². The number of hydrogen-bond acceptors (Lipinski definition) is 3. The minimum atomic E-state index is 0. The van der Waals surface area contributed by atoms with E-state index >= 15 is 0 Å². The summed E-state index contributed by atoms with van der Waals surface area (Å²) in [5, 5.41) is 6.05. The van der Waals surface area contributed by atoms with E-state index in [0.717, 1.165) is 24.4 Å². The first-order valence-corrected chi connectivity index (χ1v) is 7.31. The van der Waals surface area contributed by atoms with Crippen LogP contribution < -0.4 is 15.4 Å². The number of rotatable bonds is 9. The van der Waals surface area contributed by atoms with Gasteiger partial charge in [-0.1, -0.05) is 32.9 Å².